The van der Waals surface area contributed by atoms with Gasteiger partial charge in [0, 0.05) is 5.69 Å². The van der Waals surface area contributed by atoms with E-state index in [4.69, 9.17) is 0 Å². The number of aromatic nitrogens is 1. The fraction of sp³-hybridized carbons (Fsp3) is 0.333. The molecule has 2 aromatic carbocycles. The Labute approximate surface area is 162 Å². The molecule has 0 unspecified atom stereocenters. The van der Waals surface area contributed by atoms with Crippen molar-refractivity contribution >= 4 is 44.9 Å². The van der Waals surface area contributed by atoms with Crippen LogP contribution in [0.15, 0.2) is 52.9 Å². The van der Waals surface area contributed by atoms with E-state index in [-0.39, 0.29) is 5.91 Å². The minimum atomic E-state index is 0.0136. The van der Waals surface area contributed by atoms with Crippen molar-refractivity contribution in [3.05, 3.63) is 54.1 Å². The summed E-state index contributed by atoms with van der Waals surface area (Å²) in [7, 11) is 0. The third-order valence-electron chi connectivity index (χ3n) is 4.87. The van der Waals surface area contributed by atoms with Crippen molar-refractivity contribution in [2.24, 2.45) is 0 Å². The molecule has 0 saturated heterocycles. The highest BCUT2D eigenvalue weighted by molar-refractivity contribution is 8.01. The number of nitrogens with one attached hydrogen (secondary N) is 1. The lowest BCUT2D eigenvalue weighted by molar-refractivity contribution is -0.113. The molecule has 1 amide bonds. The normalized spacial score (nSPS) is 15.2. The largest absolute Gasteiger partial charge is 0.325 e. The molecule has 1 fully saturated rings. The minimum absolute atomic E-state index is 0.0136. The second-order valence-electron chi connectivity index (χ2n) is 6.74. The zero-order valence-electron chi connectivity index (χ0n) is 14.6. The van der Waals surface area contributed by atoms with Gasteiger partial charge < -0.3 is 5.32 Å². The number of anilines is 1. The van der Waals surface area contributed by atoms with Gasteiger partial charge in [-0.05, 0) is 48.6 Å². The quantitative estimate of drug-likeness (QED) is 0.544. The molecule has 1 N–H and O–H groups in total. The van der Waals surface area contributed by atoms with Crippen molar-refractivity contribution in [3.8, 4) is 0 Å². The molecule has 0 atom stereocenters. The summed E-state index contributed by atoms with van der Waals surface area (Å²) >= 11 is 3.13. The summed E-state index contributed by atoms with van der Waals surface area (Å²) in [4.78, 5) is 16.8. The first-order chi connectivity index (χ1) is 12.8. The first-order valence-corrected chi connectivity index (χ1v) is 11.0. The Bertz CT molecular complexity index is 849. The summed E-state index contributed by atoms with van der Waals surface area (Å²) in [5.41, 5.74) is 3.28. The third-order valence-corrected chi connectivity index (χ3v) is 7.05. The molecule has 1 heterocycles. The molecule has 1 aliphatic carbocycles. The van der Waals surface area contributed by atoms with Crippen molar-refractivity contribution in [1.29, 1.82) is 0 Å². The molecule has 134 valence electrons. The topological polar surface area (TPSA) is 42.0 Å². The van der Waals surface area contributed by atoms with Crippen molar-refractivity contribution in [3.63, 3.8) is 0 Å². The predicted molar refractivity (Wildman–Crippen MR) is 111 cm³/mol. The monoisotopic (exact) mass is 382 g/mol. The number of hydrogen-bond donors (Lipinski definition) is 1. The Morgan fingerprint density at radius 2 is 1.85 bits per heavy atom. The second-order valence-corrected chi connectivity index (χ2v) is 8.99. The Hall–Kier alpha value is -1.85. The van der Waals surface area contributed by atoms with E-state index in [0.29, 0.717) is 11.7 Å². The number of hydrogen-bond acceptors (Lipinski definition) is 4. The average molecular weight is 383 g/mol. The second kappa shape index (κ2) is 8.23. The van der Waals surface area contributed by atoms with Crippen LogP contribution in [-0.2, 0) is 4.79 Å². The van der Waals surface area contributed by atoms with Crippen LogP contribution in [0.1, 0.15) is 43.6 Å². The van der Waals surface area contributed by atoms with Gasteiger partial charge in [0.25, 0.3) is 0 Å². The number of thioether (sulfide) groups is 1. The van der Waals surface area contributed by atoms with Gasteiger partial charge in [-0.15, -0.1) is 11.3 Å². The van der Waals surface area contributed by atoms with Crippen LogP contribution in [0, 0.1) is 0 Å². The molecule has 4 rings (SSSR count). The molecule has 1 saturated carbocycles. The molecule has 3 aromatic rings. The Morgan fingerprint density at radius 1 is 1.08 bits per heavy atom. The summed E-state index contributed by atoms with van der Waals surface area (Å²) in [5.74, 6) is 1.09. The number of thiazole rings is 1. The number of fused-ring (bicyclic) bond motifs is 1. The Balaban J connectivity index is 1.31. The maximum Gasteiger partial charge on any atom is 0.234 e. The van der Waals surface area contributed by atoms with Gasteiger partial charge in [-0.3, -0.25) is 4.79 Å². The van der Waals surface area contributed by atoms with E-state index in [1.807, 2.05) is 30.3 Å². The summed E-state index contributed by atoms with van der Waals surface area (Å²) in [6, 6.07) is 16.5. The maximum absolute atomic E-state index is 12.2. The van der Waals surface area contributed by atoms with Crippen LogP contribution >= 0.6 is 23.1 Å². The summed E-state index contributed by atoms with van der Waals surface area (Å²) in [6.07, 6.45) is 6.64. The highest BCUT2D eigenvalue weighted by Gasteiger charge is 2.15. The number of carbonyl (C=O) groups is 1. The van der Waals surface area contributed by atoms with Crippen LogP contribution in [0.3, 0.4) is 0 Å². The van der Waals surface area contributed by atoms with Crippen LogP contribution in [0.2, 0.25) is 0 Å². The number of rotatable bonds is 5. The zero-order valence-corrected chi connectivity index (χ0v) is 16.2. The third kappa shape index (κ3) is 4.27. The minimum Gasteiger partial charge on any atom is -0.325 e. The lowest BCUT2D eigenvalue weighted by atomic mass is 9.84. The average Bonchev–Trinajstić information content (AvgIpc) is 3.11. The van der Waals surface area contributed by atoms with Crippen LogP contribution in [0.4, 0.5) is 5.69 Å². The van der Waals surface area contributed by atoms with Gasteiger partial charge >= 0.3 is 0 Å². The van der Waals surface area contributed by atoms with E-state index in [0.717, 1.165) is 20.2 Å². The molecule has 0 radical (unpaired) electrons. The van der Waals surface area contributed by atoms with Gasteiger partial charge in [0.05, 0.1) is 16.0 Å². The predicted octanol–water partition coefficient (Wildman–Crippen LogP) is 6.07. The molecule has 1 aromatic heterocycles. The van der Waals surface area contributed by atoms with E-state index in [9.17, 15) is 4.79 Å². The summed E-state index contributed by atoms with van der Waals surface area (Å²) < 4.78 is 2.10. The van der Waals surface area contributed by atoms with Gasteiger partial charge in [0.2, 0.25) is 5.91 Å². The molecule has 5 heteroatoms. The summed E-state index contributed by atoms with van der Waals surface area (Å²) in [6.45, 7) is 0. The van der Waals surface area contributed by atoms with Crippen LogP contribution < -0.4 is 5.32 Å². The van der Waals surface area contributed by atoms with Crippen molar-refractivity contribution in [2.45, 2.75) is 42.4 Å². The Morgan fingerprint density at radius 3 is 2.62 bits per heavy atom. The lowest BCUT2D eigenvalue weighted by Crippen LogP contribution is -2.14. The molecule has 1 aliphatic rings. The van der Waals surface area contributed by atoms with Gasteiger partial charge in [-0.1, -0.05) is 55.3 Å². The van der Waals surface area contributed by atoms with E-state index in [2.05, 4.69) is 28.5 Å². The number of para-hydroxylation sites is 1. The van der Waals surface area contributed by atoms with Gasteiger partial charge in [-0.2, -0.15) is 0 Å². The molecule has 0 aliphatic heterocycles. The maximum atomic E-state index is 12.2. The fourth-order valence-electron chi connectivity index (χ4n) is 3.51. The molecule has 0 bridgehead atoms. The Kier molecular flexibility index (Phi) is 5.56. The first-order valence-electron chi connectivity index (χ1n) is 9.16. The lowest BCUT2D eigenvalue weighted by Gasteiger charge is -2.22. The van der Waals surface area contributed by atoms with E-state index in [1.165, 1.54) is 49.4 Å². The highest BCUT2D eigenvalue weighted by atomic mass is 32.2. The smallest absolute Gasteiger partial charge is 0.234 e. The van der Waals surface area contributed by atoms with Gasteiger partial charge in [-0.25, -0.2) is 4.98 Å². The van der Waals surface area contributed by atoms with Crippen molar-refractivity contribution in [2.75, 3.05) is 11.1 Å². The summed E-state index contributed by atoms with van der Waals surface area (Å²) in [5, 5.41) is 2.99. The number of carbonyl (C=O) groups excluding carboxylic acids is 1. The number of amides is 1. The molecular weight excluding hydrogens is 360 g/mol. The molecule has 3 nitrogen and oxygen atoms in total. The van der Waals surface area contributed by atoms with Crippen molar-refractivity contribution in [1.82, 2.24) is 4.98 Å². The van der Waals surface area contributed by atoms with E-state index >= 15 is 0 Å². The molecule has 0 spiro atoms. The molecule has 26 heavy (non-hydrogen) atoms. The highest BCUT2D eigenvalue weighted by Crippen LogP contribution is 2.33. The zero-order chi connectivity index (χ0) is 17.8. The SMILES string of the molecule is O=C(CSc1nc2ccccc2s1)Nc1ccc(C2CCCCC2)cc1. The first kappa shape index (κ1) is 17.6. The van der Waals surface area contributed by atoms with Gasteiger partial charge in [0.1, 0.15) is 0 Å². The van der Waals surface area contributed by atoms with E-state index in [1.54, 1.807) is 11.3 Å². The van der Waals surface area contributed by atoms with Crippen molar-refractivity contribution < 1.29 is 4.79 Å². The van der Waals surface area contributed by atoms with Crippen LogP contribution in [0.5, 0.6) is 0 Å². The number of benzene rings is 2. The van der Waals surface area contributed by atoms with Crippen LogP contribution in [0.25, 0.3) is 10.2 Å². The number of nitrogens with zero attached hydrogens (tertiary/aromatic N) is 1. The molecular formula is C21H22N2OS2. The van der Waals surface area contributed by atoms with E-state index < -0.39 is 0 Å². The van der Waals surface area contributed by atoms with Crippen LogP contribution in [-0.4, -0.2) is 16.6 Å². The van der Waals surface area contributed by atoms with Gasteiger partial charge in [0.15, 0.2) is 4.34 Å². The fourth-order valence-corrected chi connectivity index (χ4v) is 5.38. The standard InChI is InChI=1S/C21H22N2OS2/c24-20(14-25-21-23-18-8-4-5-9-19(18)26-21)22-17-12-10-16(11-13-17)15-6-2-1-3-7-15/h4-5,8-13,15H,1-3,6-7,14H2,(H,22,24).